The number of halogens is 1. The summed E-state index contributed by atoms with van der Waals surface area (Å²) in [6.45, 7) is 7.51. The maximum Gasteiger partial charge on any atom is 0.129 e. The molecule has 15 heavy (non-hydrogen) atoms. The summed E-state index contributed by atoms with van der Waals surface area (Å²) >= 11 is 3.40. The van der Waals surface area contributed by atoms with Crippen molar-refractivity contribution in [2.75, 3.05) is 0 Å². The Kier molecular flexibility index (Phi) is 12.2. The molecule has 0 aromatic heterocycles. The van der Waals surface area contributed by atoms with Crippen molar-refractivity contribution < 1.29 is 9.59 Å². The van der Waals surface area contributed by atoms with Gasteiger partial charge in [0.15, 0.2) is 0 Å². The highest BCUT2D eigenvalue weighted by atomic mass is 79.9. The topological polar surface area (TPSA) is 34.1 Å². The minimum atomic E-state index is 0.255. The molecule has 0 unspecified atom stereocenters. The molecule has 0 amide bonds. The van der Waals surface area contributed by atoms with Gasteiger partial charge in [0.05, 0.1) is 0 Å². The fourth-order valence-electron chi connectivity index (χ4n) is 0.551. The van der Waals surface area contributed by atoms with Gasteiger partial charge in [0.2, 0.25) is 0 Å². The summed E-state index contributed by atoms with van der Waals surface area (Å²) in [4.78, 5) is 17.8. The van der Waals surface area contributed by atoms with Crippen LogP contribution in [0.15, 0.2) is 28.7 Å². The molecule has 2 nitrogen and oxygen atoms in total. The second-order valence-electron chi connectivity index (χ2n) is 2.80. The average Bonchev–Trinajstić information content (AvgIpc) is 2.26. The standard InChI is InChI=1S/C7H7Br.C4H8O.CH2O/c1-6-4-2-3-5-7(6)8;1-3-4(2)5;1-2/h2-5H,1H3;3H2,1-2H3;1H2. The largest absolute Gasteiger partial charge is 0.307 e. The smallest absolute Gasteiger partial charge is 0.129 e. The van der Waals surface area contributed by atoms with Crippen molar-refractivity contribution in [2.45, 2.75) is 27.2 Å². The predicted octanol–water partition coefficient (Wildman–Crippen LogP) is 3.56. The molecule has 0 radical (unpaired) electrons. The lowest BCUT2D eigenvalue weighted by Gasteiger charge is -1.91. The molecule has 0 fully saturated rings. The first-order chi connectivity index (χ1) is 7.07. The predicted molar refractivity (Wildman–Crippen MR) is 67.0 cm³/mol. The third-order valence-electron chi connectivity index (χ3n) is 1.57. The quantitative estimate of drug-likeness (QED) is 0.784. The fraction of sp³-hybridized carbons (Fsp3) is 0.333. The molecule has 1 rings (SSSR count). The van der Waals surface area contributed by atoms with Crippen LogP contribution in [0, 0.1) is 6.92 Å². The van der Waals surface area contributed by atoms with Crippen molar-refractivity contribution in [1.82, 2.24) is 0 Å². The Hall–Kier alpha value is -0.960. The van der Waals surface area contributed by atoms with Crippen LogP contribution in [0.3, 0.4) is 0 Å². The molecular formula is C12H17BrO2. The van der Waals surface area contributed by atoms with Gasteiger partial charge in [0, 0.05) is 10.9 Å². The van der Waals surface area contributed by atoms with E-state index in [4.69, 9.17) is 4.79 Å². The zero-order chi connectivity index (χ0) is 12.3. The highest BCUT2D eigenvalue weighted by Crippen LogP contribution is 2.13. The summed E-state index contributed by atoms with van der Waals surface area (Å²) in [6, 6.07) is 8.15. The van der Waals surface area contributed by atoms with Gasteiger partial charge in [-0.1, -0.05) is 41.1 Å². The summed E-state index contributed by atoms with van der Waals surface area (Å²) in [5.41, 5.74) is 1.28. The number of carbonyl (C=O) groups excluding carboxylic acids is 2. The fourth-order valence-corrected chi connectivity index (χ4v) is 0.836. The molecule has 0 bridgehead atoms. The Morgan fingerprint density at radius 2 is 1.73 bits per heavy atom. The van der Waals surface area contributed by atoms with Gasteiger partial charge in [-0.2, -0.15) is 0 Å². The summed E-state index contributed by atoms with van der Waals surface area (Å²) in [7, 11) is 0. The second kappa shape index (κ2) is 11.1. The number of hydrogen-bond acceptors (Lipinski definition) is 2. The number of carbonyl (C=O) groups is 2. The van der Waals surface area contributed by atoms with Crippen LogP contribution in [0.2, 0.25) is 0 Å². The SMILES string of the molecule is C=O.CCC(C)=O.Cc1ccccc1Br. The lowest BCUT2D eigenvalue weighted by atomic mass is 10.2. The molecular weight excluding hydrogens is 256 g/mol. The maximum absolute atomic E-state index is 9.81. The molecule has 0 spiro atoms. The number of rotatable bonds is 1. The third kappa shape index (κ3) is 11.0. The van der Waals surface area contributed by atoms with Crippen molar-refractivity contribution in [3.8, 4) is 0 Å². The van der Waals surface area contributed by atoms with Crippen LogP contribution in [0.25, 0.3) is 0 Å². The lowest BCUT2D eigenvalue weighted by Crippen LogP contribution is -1.80. The zero-order valence-corrected chi connectivity index (χ0v) is 11.0. The van der Waals surface area contributed by atoms with E-state index in [-0.39, 0.29) is 5.78 Å². The minimum Gasteiger partial charge on any atom is -0.307 e. The van der Waals surface area contributed by atoms with E-state index in [0.29, 0.717) is 6.42 Å². The van der Waals surface area contributed by atoms with Crippen LogP contribution in [0.5, 0.6) is 0 Å². The molecule has 3 heteroatoms. The molecule has 1 aromatic carbocycles. The Labute approximate surface area is 99.8 Å². The van der Waals surface area contributed by atoms with Gasteiger partial charge >= 0.3 is 0 Å². The summed E-state index contributed by atoms with van der Waals surface area (Å²) < 4.78 is 1.18. The first-order valence-corrected chi connectivity index (χ1v) is 5.36. The summed E-state index contributed by atoms with van der Waals surface area (Å²) in [5.74, 6) is 0.255. The van der Waals surface area contributed by atoms with Crippen LogP contribution < -0.4 is 0 Å². The van der Waals surface area contributed by atoms with E-state index in [1.54, 1.807) is 6.92 Å². The van der Waals surface area contributed by atoms with Gasteiger partial charge in [0.25, 0.3) is 0 Å². The Balaban J connectivity index is 0. The summed E-state index contributed by atoms with van der Waals surface area (Å²) in [6.07, 6.45) is 0.667. The van der Waals surface area contributed by atoms with Crippen LogP contribution in [0.1, 0.15) is 25.8 Å². The Bertz CT molecular complexity index is 264. The number of aryl methyl sites for hydroxylation is 1. The van der Waals surface area contributed by atoms with E-state index in [1.807, 2.05) is 31.9 Å². The highest BCUT2D eigenvalue weighted by Gasteiger charge is 1.86. The van der Waals surface area contributed by atoms with Crippen LogP contribution in [0.4, 0.5) is 0 Å². The second-order valence-corrected chi connectivity index (χ2v) is 3.66. The normalized spacial score (nSPS) is 7.73. The molecule has 0 aliphatic heterocycles. The van der Waals surface area contributed by atoms with Gasteiger partial charge in [-0.3, -0.25) is 0 Å². The maximum atomic E-state index is 9.81. The van der Waals surface area contributed by atoms with E-state index in [2.05, 4.69) is 28.9 Å². The molecule has 0 saturated carbocycles. The highest BCUT2D eigenvalue weighted by molar-refractivity contribution is 9.10. The van der Waals surface area contributed by atoms with E-state index >= 15 is 0 Å². The molecule has 0 saturated heterocycles. The van der Waals surface area contributed by atoms with E-state index in [9.17, 15) is 4.79 Å². The first-order valence-electron chi connectivity index (χ1n) is 4.57. The van der Waals surface area contributed by atoms with Gasteiger partial charge in [-0.25, -0.2) is 0 Å². The van der Waals surface area contributed by atoms with E-state index in [0.717, 1.165) is 0 Å². The molecule has 84 valence electrons. The van der Waals surface area contributed by atoms with E-state index in [1.165, 1.54) is 10.0 Å². The number of ketones is 1. The van der Waals surface area contributed by atoms with Gasteiger partial charge in [-0.05, 0) is 25.5 Å². The molecule has 0 N–H and O–H groups in total. The van der Waals surface area contributed by atoms with Gasteiger partial charge in [-0.15, -0.1) is 0 Å². The minimum absolute atomic E-state index is 0.255. The Morgan fingerprint density at radius 1 is 1.33 bits per heavy atom. The number of benzene rings is 1. The molecule has 0 aliphatic carbocycles. The third-order valence-corrected chi connectivity index (χ3v) is 2.46. The number of Topliss-reactive ketones (excluding diaryl/α,β-unsaturated/α-hetero) is 1. The summed E-state index contributed by atoms with van der Waals surface area (Å²) in [5, 5.41) is 0. The van der Waals surface area contributed by atoms with Crippen molar-refractivity contribution in [2.24, 2.45) is 0 Å². The average molecular weight is 273 g/mol. The van der Waals surface area contributed by atoms with Crippen molar-refractivity contribution in [3.05, 3.63) is 34.3 Å². The van der Waals surface area contributed by atoms with E-state index < -0.39 is 0 Å². The zero-order valence-electron chi connectivity index (χ0n) is 9.42. The lowest BCUT2D eigenvalue weighted by molar-refractivity contribution is -0.116. The first kappa shape index (κ1) is 16.5. The molecule has 0 aliphatic rings. The monoisotopic (exact) mass is 272 g/mol. The van der Waals surface area contributed by atoms with Crippen LogP contribution in [-0.4, -0.2) is 12.6 Å². The Morgan fingerprint density at radius 3 is 1.93 bits per heavy atom. The van der Waals surface area contributed by atoms with Crippen LogP contribution >= 0.6 is 15.9 Å². The molecule has 1 aromatic rings. The van der Waals surface area contributed by atoms with Crippen molar-refractivity contribution in [3.63, 3.8) is 0 Å². The number of hydrogen-bond donors (Lipinski definition) is 0. The van der Waals surface area contributed by atoms with Gasteiger partial charge in [0.1, 0.15) is 12.6 Å². The van der Waals surface area contributed by atoms with Crippen molar-refractivity contribution >= 4 is 28.5 Å². The van der Waals surface area contributed by atoms with Crippen molar-refractivity contribution in [1.29, 1.82) is 0 Å². The molecule has 0 atom stereocenters. The van der Waals surface area contributed by atoms with Crippen LogP contribution in [-0.2, 0) is 9.59 Å². The van der Waals surface area contributed by atoms with Gasteiger partial charge < -0.3 is 9.59 Å². The molecule has 0 heterocycles.